The molecule has 0 aliphatic rings. The van der Waals surface area contributed by atoms with Gasteiger partial charge in [-0.25, -0.2) is 0 Å². The lowest BCUT2D eigenvalue weighted by Gasteiger charge is -2.09. The maximum absolute atomic E-state index is 12.7. The van der Waals surface area contributed by atoms with Gasteiger partial charge in [-0.3, -0.25) is 14.3 Å². The second-order valence-electron chi connectivity index (χ2n) is 7.19. The number of ether oxygens (including phenoxy) is 1. The summed E-state index contributed by atoms with van der Waals surface area (Å²) >= 11 is 5.87. The number of nitrogens with zero attached hydrogens (tertiary/aromatic N) is 2. The lowest BCUT2D eigenvalue weighted by atomic mass is 10.1. The molecule has 0 spiro atoms. The van der Waals surface area contributed by atoms with Gasteiger partial charge in [-0.05, 0) is 54.1 Å². The first-order valence-corrected chi connectivity index (χ1v) is 10.5. The van der Waals surface area contributed by atoms with Crippen LogP contribution in [0.15, 0.2) is 77.5 Å². The number of carbonyl (C=O) groups is 2. The van der Waals surface area contributed by atoms with Crippen molar-refractivity contribution >= 4 is 29.1 Å². The average Bonchev–Trinajstić information content (AvgIpc) is 3.47. The van der Waals surface area contributed by atoms with Crippen LogP contribution >= 0.6 is 11.6 Å². The van der Waals surface area contributed by atoms with Gasteiger partial charge in [-0.2, -0.15) is 5.10 Å². The lowest BCUT2D eigenvalue weighted by molar-refractivity contribution is 0.0939. The first-order chi connectivity index (χ1) is 16.0. The zero-order valence-corrected chi connectivity index (χ0v) is 18.5. The minimum absolute atomic E-state index is 0.226. The number of rotatable bonds is 8. The van der Waals surface area contributed by atoms with Gasteiger partial charge in [0.15, 0.2) is 0 Å². The van der Waals surface area contributed by atoms with Crippen molar-refractivity contribution in [2.45, 2.75) is 13.2 Å². The van der Waals surface area contributed by atoms with E-state index in [1.54, 1.807) is 55.6 Å². The summed E-state index contributed by atoms with van der Waals surface area (Å²) in [6.07, 6.45) is 2.97. The summed E-state index contributed by atoms with van der Waals surface area (Å²) < 4.78 is 12.3. The Bertz CT molecular complexity index is 1230. The van der Waals surface area contributed by atoms with E-state index in [2.05, 4.69) is 15.7 Å². The molecule has 4 aromatic rings. The number of amides is 2. The number of aromatic nitrogens is 2. The summed E-state index contributed by atoms with van der Waals surface area (Å²) in [4.78, 5) is 25.4. The fraction of sp³-hybridized carbons (Fsp3) is 0.125. The van der Waals surface area contributed by atoms with Crippen LogP contribution in [-0.4, -0.2) is 21.6 Å². The Morgan fingerprint density at radius 1 is 1.06 bits per heavy atom. The highest BCUT2D eigenvalue weighted by atomic mass is 35.5. The summed E-state index contributed by atoms with van der Waals surface area (Å²) in [5.41, 5.74) is 1.90. The highest BCUT2D eigenvalue weighted by molar-refractivity contribution is 6.30. The van der Waals surface area contributed by atoms with Crippen LogP contribution in [0.3, 0.4) is 0 Å². The van der Waals surface area contributed by atoms with Crippen LogP contribution in [0.5, 0.6) is 5.75 Å². The van der Waals surface area contributed by atoms with Crippen molar-refractivity contribution in [2.24, 2.45) is 7.05 Å². The van der Waals surface area contributed by atoms with Crippen LogP contribution in [0.1, 0.15) is 32.2 Å². The van der Waals surface area contributed by atoms with Gasteiger partial charge in [0.05, 0.1) is 24.7 Å². The summed E-state index contributed by atoms with van der Waals surface area (Å²) in [7, 11) is 1.63. The number of benzene rings is 2. The number of hydrogen-bond acceptors (Lipinski definition) is 5. The van der Waals surface area contributed by atoms with Gasteiger partial charge in [0.2, 0.25) is 0 Å². The normalized spacial score (nSPS) is 10.6. The molecule has 0 atom stereocenters. The highest BCUT2D eigenvalue weighted by Gasteiger charge is 2.19. The van der Waals surface area contributed by atoms with E-state index in [1.165, 1.54) is 17.1 Å². The second-order valence-corrected chi connectivity index (χ2v) is 7.62. The molecule has 33 heavy (non-hydrogen) atoms. The van der Waals surface area contributed by atoms with Crippen LogP contribution in [0, 0.1) is 0 Å². The fourth-order valence-electron chi connectivity index (χ4n) is 3.11. The number of furan rings is 1. The van der Waals surface area contributed by atoms with Crippen LogP contribution in [-0.2, 0) is 20.2 Å². The molecule has 2 N–H and O–H groups in total. The Balaban J connectivity index is 1.37. The van der Waals surface area contributed by atoms with Crippen LogP contribution in [0.2, 0.25) is 5.02 Å². The maximum Gasteiger partial charge on any atom is 0.272 e. The molecular formula is C24H21ClN4O4. The monoisotopic (exact) mass is 464 g/mol. The van der Waals surface area contributed by atoms with Gasteiger partial charge < -0.3 is 19.8 Å². The van der Waals surface area contributed by atoms with Crippen molar-refractivity contribution in [3.05, 3.63) is 101 Å². The Morgan fingerprint density at radius 3 is 2.52 bits per heavy atom. The van der Waals surface area contributed by atoms with E-state index in [-0.39, 0.29) is 24.1 Å². The molecule has 9 heteroatoms. The Labute approximate surface area is 195 Å². The van der Waals surface area contributed by atoms with E-state index in [0.717, 1.165) is 5.56 Å². The largest absolute Gasteiger partial charge is 0.489 e. The van der Waals surface area contributed by atoms with E-state index < -0.39 is 0 Å². The SMILES string of the molecule is Cn1ncc(NC(=O)c2ccc(COc3ccc(Cl)cc3)cc2)c1C(=O)NCc1ccco1. The van der Waals surface area contributed by atoms with Gasteiger partial charge in [0, 0.05) is 17.6 Å². The number of halogens is 1. The van der Waals surface area contributed by atoms with Crippen LogP contribution in [0.4, 0.5) is 5.69 Å². The van der Waals surface area contributed by atoms with Crippen LogP contribution < -0.4 is 15.4 Å². The smallest absolute Gasteiger partial charge is 0.272 e. The molecule has 0 unspecified atom stereocenters. The Hall–Kier alpha value is -4.04. The molecule has 0 fully saturated rings. The second kappa shape index (κ2) is 10.1. The highest BCUT2D eigenvalue weighted by Crippen LogP contribution is 2.18. The number of carbonyl (C=O) groups excluding carboxylic acids is 2. The molecule has 0 saturated heterocycles. The first kappa shape index (κ1) is 22.2. The minimum atomic E-state index is -0.378. The van der Waals surface area contributed by atoms with Gasteiger partial charge in [-0.15, -0.1) is 0 Å². The standard InChI is InChI=1S/C24H21ClN4O4/c1-29-22(24(31)26-13-20-3-2-12-32-20)21(14-27-29)28-23(30)17-6-4-16(5-7-17)15-33-19-10-8-18(25)9-11-19/h2-12,14H,13,15H2,1H3,(H,26,31)(H,28,30). The zero-order chi connectivity index (χ0) is 23.2. The van der Waals surface area contributed by atoms with E-state index in [0.29, 0.717) is 34.4 Å². The summed E-state index contributed by atoms with van der Waals surface area (Å²) in [6, 6.07) is 17.6. The summed E-state index contributed by atoms with van der Waals surface area (Å²) in [5.74, 6) is 0.594. The quantitative estimate of drug-likeness (QED) is 0.402. The van der Waals surface area contributed by atoms with Gasteiger partial charge in [-0.1, -0.05) is 23.7 Å². The molecular weight excluding hydrogens is 444 g/mol. The van der Waals surface area contributed by atoms with E-state index >= 15 is 0 Å². The van der Waals surface area contributed by atoms with Gasteiger partial charge in [0.1, 0.15) is 23.8 Å². The van der Waals surface area contributed by atoms with Crippen molar-refractivity contribution in [1.29, 1.82) is 0 Å². The van der Waals surface area contributed by atoms with E-state index in [1.807, 2.05) is 12.1 Å². The predicted molar refractivity (Wildman–Crippen MR) is 123 cm³/mol. The molecule has 2 aromatic heterocycles. The third kappa shape index (κ3) is 5.61. The number of hydrogen-bond donors (Lipinski definition) is 2. The van der Waals surface area contributed by atoms with Gasteiger partial charge in [0.25, 0.3) is 11.8 Å². The van der Waals surface area contributed by atoms with Crippen molar-refractivity contribution in [3.63, 3.8) is 0 Å². The molecule has 8 nitrogen and oxygen atoms in total. The minimum Gasteiger partial charge on any atom is -0.489 e. The Morgan fingerprint density at radius 2 is 1.82 bits per heavy atom. The molecule has 2 heterocycles. The fourth-order valence-corrected chi connectivity index (χ4v) is 3.23. The molecule has 0 aliphatic heterocycles. The average molecular weight is 465 g/mol. The summed E-state index contributed by atoms with van der Waals surface area (Å²) in [6.45, 7) is 0.579. The lowest BCUT2D eigenvalue weighted by Crippen LogP contribution is -2.26. The van der Waals surface area contributed by atoms with Crippen LogP contribution in [0.25, 0.3) is 0 Å². The topological polar surface area (TPSA) is 98.4 Å². The zero-order valence-electron chi connectivity index (χ0n) is 17.7. The van der Waals surface area contributed by atoms with Crippen molar-refractivity contribution < 1.29 is 18.7 Å². The van der Waals surface area contributed by atoms with Gasteiger partial charge >= 0.3 is 0 Å². The third-order valence-electron chi connectivity index (χ3n) is 4.84. The van der Waals surface area contributed by atoms with E-state index in [4.69, 9.17) is 20.8 Å². The first-order valence-electron chi connectivity index (χ1n) is 10.1. The van der Waals surface area contributed by atoms with Crippen molar-refractivity contribution in [1.82, 2.24) is 15.1 Å². The predicted octanol–water partition coefficient (Wildman–Crippen LogP) is 4.43. The molecule has 168 valence electrons. The maximum atomic E-state index is 12.7. The van der Waals surface area contributed by atoms with E-state index in [9.17, 15) is 9.59 Å². The number of aryl methyl sites for hydroxylation is 1. The molecule has 0 aliphatic carbocycles. The molecule has 4 rings (SSSR count). The van der Waals surface area contributed by atoms with Crippen molar-refractivity contribution in [3.8, 4) is 5.75 Å². The molecule has 0 radical (unpaired) electrons. The third-order valence-corrected chi connectivity index (χ3v) is 5.09. The number of nitrogens with one attached hydrogen (secondary N) is 2. The molecule has 2 aromatic carbocycles. The number of anilines is 1. The Kier molecular flexibility index (Phi) is 6.75. The molecule has 0 bridgehead atoms. The molecule has 2 amide bonds. The van der Waals surface area contributed by atoms with Crippen molar-refractivity contribution in [2.75, 3.05) is 5.32 Å². The molecule has 0 saturated carbocycles. The summed E-state index contributed by atoms with van der Waals surface area (Å²) in [5, 5.41) is 10.2.